The molecule has 1 aromatic rings. The number of aromatic nitrogens is 1. The molecule has 0 amide bonds. The Balaban J connectivity index is 0.000000308. The number of nitrogens with zero attached hydrogens (tertiary/aromatic N) is 1. The molecular weight excluding hydrogens is 158 g/mol. The fourth-order valence-corrected chi connectivity index (χ4v) is 1.76. The molecule has 0 N–H and O–H groups in total. The zero-order valence-electron chi connectivity index (χ0n) is 8.20. The average molecular weight is 173 g/mol. The van der Waals surface area contributed by atoms with Gasteiger partial charge in [0.25, 0.3) is 0 Å². The molecule has 68 valence electrons. The van der Waals surface area contributed by atoms with Gasteiger partial charge in [0.2, 0.25) is 0 Å². The predicted molar refractivity (Wildman–Crippen MR) is 55.4 cm³/mol. The van der Waals surface area contributed by atoms with E-state index in [0.717, 1.165) is 11.8 Å². The van der Waals surface area contributed by atoms with Crippen LogP contribution in [0.3, 0.4) is 0 Å². The minimum atomic E-state index is 0.817. The third kappa shape index (κ3) is 1.51. The van der Waals surface area contributed by atoms with Crippen molar-refractivity contribution in [3.05, 3.63) is 28.9 Å². The molecule has 1 heteroatoms. The van der Waals surface area contributed by atoms with Crippen LogP contribution in [-0.4, -0.2) is 4.98 Å². The lowest BCUT2D eigenvalue weighted by molar-refractivity contribution is 1.03. The van der Waals surface area contributed by atoms with Gasteiger partial charge in [0.05, 0.1) is 5.35 Å². The van der Waals surface area contributed by atoms with Gasteiger partial charge >= 0.3 is 0 Å². The Morgan fingerprint density at radius 1 is 1.23 bits per heavy atom. The van der Waals surface area contributed by atoms with Gasteiger partial charge < -0.3 is 0 Å². The summed E-state index contributed by atoms with van der Waals surface area (Å²) in [6.45, 7) is 4.00. The van der Waals surface area contributed by atoms with Crippen molar-refractivity contribution in [3.8, 4) is 0 Å². The number of hydrogen-bond acceptors (Lipinski definition) is 1. The average Bonchev–Trinajstić information content (AvgIpc) is 2.95. The van der Waals surface area contributed by atoms with Gasteiger partial charge in [-0.15, -0.1) is 0 Å². The van der Waals surface area contributed by atoms with E-state index >= 15 is 0 Å². The van der Waals surface area contributed by atoms with E-state index in [1.165, 1.54) is 17.0 Å². The van der Waals surface area contributed by atoms with E-state index in [1.54, 1.807) is 0 Å². The summed E-state index contributed by atoms with van der Waals surface area (Å²) in [4.78, 5) is 4.31. The van der Waals surface area contributed by atoms with E-state index in [2.05, 4.69) is 23.2 Å². The molecule has 1 nitrogen and oxygen atoms in total. The Morgan fingerprint density at radius 3 is 2.85 bits per heavy atom. The van der Waals surface area contributed by atoms with Gasteiger partial charge in [0, 0.05) is 6.20 Å². The number of rotatable bonds is 0. The highest BCUT2D eigenvalue weighted by atomic mass is 14.6. The highest BCUT2D eigenvalue weighted by molar-refractivity contribution is 5.47. The van der Waals surface area contributed by atoms with Crippen molar-refractivity contribution >= 4 is 12.2 Å². The summed E-state index contributed by atoms with van der Waals surface area (Å²) in [5.74, 6) is 1.66. The van der Waals surface area contributed by atoms with Gasteiger partial charge in [-0.1, -0.05) is 32.1 Å². The third-order valence-electron chi connectivity index (χ3n) is 2.53. The fourth-order valence-electron chi connectivity index (χ4n) is 1.76. The van der Waals surface area contributed by atoms with Gasteiger partial charge in [-0.05, 0) is 29.5 Å². The SMILES string of the molecule is C1=c2cccnc2=CC2CC12.CC. The zero-order chi connectivity index (χ0) is 9.26. The van der Waals surface area contributed by atoms with Crippen molar-refractivity contribution in [1.82, 2.24) is 4.98 Å². The Morgan fingerprint density at radius 2 is 2.00 bits per heavy atom. The van der Waals surface area contributed by atoms with Crippen molar-refractivity contribution in [2.24, 2.45) is 11.8 Å². The molecule has 1 saturated carbocycles. The van der Waals surface area contributed by atoms with E-state index in [9.17, 15) is 0 Å². The molecule has 0 aliphatic heterocycles. The molecule has 2 atom stereocenters. The van der Waals surface area contributed by atoms with Crippen LogP contribution in [-0.2, 0) is 0 Å². The summed E-state index contributed by atoms with van der Waals surface area (Å²) < 4.78 is 0. The minimum Gasteiger partial charge on any atom is -0.257 e. The minimum absolute atomic E-state index is 0.817. The quantitative estimate of drug-likeness (QED) is 0.576. The van der Waals surface area contributed by atoms with Crippen LogP contribution in [0, 0.1) is 11.8 Å². The van der Waals surface area contributed by atoms with Gasteiger partial charge in [-0.2, -0.15) is 0 Å². The number of pyridine rings is 1. The molecule has 2 aliphatic carbocycles. The Labute approximate surface area is 78.8 Å². The smallest absolute Gasteiger partial charge is 0.0662 e. The van der Waals surface area contributed by atoms with Crippen molar-refractivity contribution < 1.29 is 0 Å². The van der Waals surface area contributed by atoms with Crippen LogP contribution in [0.4, 0.5) is 0 Å². The fraction of sp³-hybridized carbons (Fsp3) is 0.417. The maximum atomic E-state index is 4.31. The maximum Gasteiger partial charge on any atom is 0.0662 e. The largest absolute Gasteiger partial charge is 0.257 e. The molecular formula is C12H15N. The van der Waals surface area contributed by atoms with Crippen LogP contribution in [0.1, 0.15) is 20.3 Å². The highest BCUT2D eigenvalue weighted by Gasteiger charge is 2.34. The summed E-state index contributed by atoms with van der Waals surface area (Å²) in [6, 6.07) is 4.15. The highest BCUT2D eigenvalue weighted by Crippen LogP contribution is 2.41. The van der Waals surface area contributed by atoms with E-state index in [0.29, 0.717) is 0 Å². The second kappa shape index (κ2) is 3.33. The Bertz CT molecular complexity index is 366. The van der Waals surface area contributed by atoms with Crippen molar-refractivity contribution in [2.45, 2.75) is 20.3 Å². The van der Waals surface area contributed by atoms with Crippen molar-refractivity contribution in [3.63, 3.8) is 0 Å². The molecule has 1 heterocycles. The van der Waals surface area contributed by atoms with E-state index in [4.69, 9.17) is 0 Å². The standard InChI is InChI=1S/C10H9N.C2H6/c1-2-7-4-8-5-9(8)6-10(7)11-3-1;1-2/h1-4,6,8-9H,5H2;1-2H3. The van der Waals surface area contributed by atoms with Crippen LogP contribution < -0.4 is 10.6 Å². The molecule has 2 aliphatic rings. The first-order valence-corrected chi connectivity index (χ1v) is 5.08. The first kappa shape index (κ1) is 8.49. The molecule has 1 aromatic heterocycles. The molecule has 0 spiro atoms. The summed E-state index contributed by atoms with van der Waals surface area (Å²) in [5.41, 5.74) is 0. The first-order valence-electron chi connectivity index (χ1n) is 5.08. The number of hydrogen-bond donors (Lipinski definition) is 0. The molecule has 0 bridgehead atoms. The van der Waals surface area contributed by atoms with Crippen LogP contribution in [0.5, 0.6) is 0 Å². The monoisotopic (exact) mass is 173 g/mol. The summed E-state index contributed by atoms with van der Waals surface area (Å²) in [5, 5.41) is 2.51. The molecule has 0 saturated heterocycles. The summed E-state index contributed by atoms with van der Waals surface area (Å²) in [6.07, 6.45) is 7.87. The van der Waals surface area contributed by atoms with Crippen LogP contribution in [0.25, 0.3) is 12.2 Å². The third-order valence-corrected chi connectivity index (χ3v) is 2.53. The summed E-state index contributed by atoms with van der Waals surface area (Å²) >= 11 is 0. The lowest BCUT2D eigenvalue weighted by Crippen LogP contribution is -2.29. The number of fused-ring (bicyclic) bond motifs is 2. The van der Waals surface area contributed by atoms with E-state index in [-0.39, 0.29) is 0 Å². The van der Waals surface area contributed by atoms with Gasteiger partial charge in [-0.3, -0.25) is 4.98 Å². The van der Waals surface area contributed by atoms with Gasteiger partial charge in [0.15, 0.2) is 0 Å². The Kier molecular flexibility index (Phi) is 2.17. The lowest BCUT2D eigenvalue weighted by atomic mass is 10.1. The second-order valence-corrected chi connectivity index (χ2v) is 3.37. The topological polar surface area (TPSA) is 12.9 Å². The lowest BCUT2D eigenvalue weighted by Gasteiger charge is -1.95. The maximum absolute atomic E-state index is 4.31. The summed E-state index contributed by atoms with van der Waals surface area (Å²) in [7, 11) is 0. The molecule has 1 fully saturated rings. The van der Waals surface area contributed by atoms with E-state index in [1.807, 2.05) is 26.1 Å². The van der Waals surface area contributed by atoms with Gasteiger partial charge in [0.1, 0.15) is 0 Å². The molecule has 2 unspecified atom stereocenters. The molecule has 0 radical (unpaired) electrons. The Hall–Kier alpha value is -1.11. The van der Waals surface area contributed by atoms with E-state index < -0.39 is 0 Å². The van der Waals surface area contributed by atoms with Crippen LogP contribution in [0.2, 0.25) is 0 Å². The van der Waals surface area contributed by atoms with Crippen LogP contribution >= 0.6 is 0 Å². The van der Waals surface area contributed by atoms with Crippen LogP contribution in [0.15, 0.2) is 18.3 Å². The first-order chi connectivity index (χ1) is 6.43. The second-order valence-electron chi connectivity index (χ2n) is 3.37. The predicted octanol–water partition coefficient (Wildman–Crippen LogP) is 1.32. The zero-order valence-corrected chi connectivity index (χ0v) is 8.20. The normalized spacial score (nSPS) is 26.6. The molecule has 3 rings (SSSR count). The van der Waals surface area contributed by atoms with Crippen molar-refractivity contribution in [2.75, 3.05) is 0 Å². The van der Waals surface area contributed by atoms with Gasteiger partial charge in [-0.25, -0.2) is 0 Å². The molecule has 0 aromatic carbocycles. The molecule has 13 heavy (non-hydrogen) atoms. The van der Waals surface area contributed by atoms with Crippen molar-refractivity contribution in [1.29, 1.82) is 0 Å².